The number of halogens is 2. The van der Waals surface area contributed by atoms with Crippen molar-refractivity contribution in [3.8, 4) is 0 Å². The van der Waals surface area contributed by atoms with Gasteiger partial charge in [-0.1, -0.05) is 23.9 Å². The molecule has 108 valence electrons. The maximum Gasteiger partial charge on any atom is 0.165 e. The lowest BCUT2D eigenvalue weighted by molar-refractivity contribution is 0.450. The number of pyridine rings is 1. The fraction of sp³-hybridized carbons (Fsp3) is 0.200. The normalized spacial score (nSPS) is 16.7. The lowest BCUT2D eigenvalue weighted by Gasteiger charge is -2.17. The molecule has 0 bridgehead atoms. The summed E-state index contributed by atoms with van der Waals surface area (Å²) in [5.74, 6) is -0.442. The molecule has 1 aromatic heterocycles. The third-order valence-corrected chi connectivity index (χ3v) is 4.08. The van der Waals surface area contributed by atoms with Crippen LogP contribution in [0.5, 0.6) is 0 Å². The van der Waals surface area contributed by atoms with Crippen molar-refractivity contribution in [3.05, 3.63) is 59.9 Å². The van der Waals surface area contributed by atoms with Gasteiger partial charge in [0.2, 0.25) is 0 Å². The summed E-state index contributed by atoms with van der Waals surface area (Å²) in [6, 6.07) is 9.45. The lowest BCUT2D eigenvalue weighted by atomic mass is 10.3. The zero-order valence-corrected chi connectivity index (χ0v) is 12.0. The molecule has 0 radical (unpaired) electrons. The quantitative estimate of drug-likeness (QED) is 0.867. The van der Waals surface area contributed by atoms with E-state index in [9.17, 15) is 8.78 Å². The summed E-state index contributed by atoms with van der Waals surface area (Å²) in [6.07, 6.45) is 1.73. The van der Waals surface area contributed by atoms with Crippen LogP contribution in [-0.4, -0.2) is 27.3 Å². The van der Waals surface area contributed by atoms with Crippen LogP contribution in [-0.2, 0) is 6.54 Å². The van der Waals surface area contributed by atoms with Crippen LogP contribution in [0.3, 0.4) is 0 Å². The van der Waals surface area contributed by atoms with Gasteiger partial charge in [-0.25, -0.2) is 13.8 Å². The van der Waals surface area contributed by atoms with Crippen LogP contribution in [0.1, 0.15) is 5.69 Å². The lowest BCUT2D eigenvalue weighted by Crippen LogP contribution is -2.24. The number of para-hydroxylation sites is 1. The Hall–Kier alpha value is -1.95. The Balaban J connectivity index is 1.85. The van der Waals surface area contributed by atoms with Crippen LogP contribution in [0.2, 0.25) is 0 Å². The van der Waals surface area contributed by atoms with E-state index in [0.717, 1.165) is 18.0 Å². The van der Waals surface area contributed by atoms with E-state index in [2.05, 4.69) is 9.98 Å². The first kappa shape index (κ1) is 14.0. The molecule has 0 saturated carbocycles. The highest BCUT2D eigenvalue weighted by molar-refractivity contribution is 8.14. The Morgan fingerprint density at radius 1 is 1.14 bits per heavy atom. The Labute approximate surface area is 125 Å². The fourth-order valence-corrected chi connectivity index (χ4v) is 3.05. The average Bonchev–Trinajstić information content (AvgIpc) is 2.91. The highest BCUT2D eigenvalue weighted by Crippen LogP contribution is 2.27. The second-order valence-electron chi connectivity index (χ2n) is 4.56. The third kappa shape index (κ3) is 3.21. The number of aromatic nitrogens is 1. The Morgan fingerprint density at radius 3 is 2.67 bits per heavy atom. The summed E-state index contributed by atoms with van der Waals surface area (Å²) in [4.78, 5) is 10.4. The van der Waals surface area contributed by atoms with E-state index in [0.29, 0.717) is 11.7 Å². The number of rotatable bonds is 3. The van der Waals surface area contributed by atoms with Crippen molar-refractivity contribution in [2.24, 2.45) is 4.99 Å². The number of hydrogen-bond acceptors (Lipinski definition) is 3. The van der Waals surface area contributed by atoms with Gasteiger partial charge in [0.15, 0.2) is 16.8 Å². The van der Waals surface area contributed by atoms with Crippen LogP contribution in [0.15, 0.2) is 47.6 Å². The number of thioether (sulfide) groups is 1. The molecule has 1 fully saturated rings. The van der Waals surface area contributed by atoms with E-state index >= 15 is 0 Å². The van der Waals surface area contributed by atoms with Crippen molar-refractivity contribution in [2.75, 3.05) is 12.3 Å². The monoisotopic (exact) mass is 305 g/mol. The highest BCUT2D eigenvalue weighted by atomic mass is 32.2. The van der Waals surface area contributed by atoms with Crippen molar-refractivity contribution >= 4 is 22.6 Å². The van der Waals surface area contributed by atoms with Crippen molar-refractivity contribution in [1.29, 1.82) is 0 Å². The van der Waals surface area contributed by atoms with Gasteiger partial charge in [0.25, 0.3) is 0 Å². The molecule has 1 saturated heterocycles. The van der Waals surface area contributed by atoms with Gasteiger partial charge in [0.1, 0.15) is 5.69 Å². The first-order chi connectivity index (χ1) is 10.2. The molecule has 0 aliphatic carbocycles. The van der Waals surface area contributed by atoms with Crippen LogP contribution in [0, 0.1) is 11.6 Å². The van der Waals surface area contributed by atoms with Crippen LogP contribution in [0.4, 0.5) is 14.5 Å². The molecule has 2 heterocycles. The average molecular weight is 305 g/mol. The topological polar surface area (TPSA) is 28.5 Å². The van der Waals surface area contributed by atoms with Crippen molar-refractivity contribution in [1.82, 2.24) is 9.88 Å². The zero-order valence-electron chi connectivity index (χ0n) is 11.2. The predicted octanol–water partition coefficient (Wildman–Crippen LogP) is 3.60. The molecule has 3 nitrogen and oxygen atoms in total. The summed E-state index contributed by atoms with van der Waals surface area (Å²) in [5.41, 5.74) is 0.676. The minimum absolute atomic E-state index is 0.229. The smallest absolute Gasteiger partial charge is 0.165 e. The maximum absolute atomic E-state index is 13.7. The molecule has 2 aromatic rings. The van der Waals surface area contributed by atoms with E-state index in [1.165, 1.54) is 30.0 Å². The van der Waals surface area contributed by atoms with Gasteiger partial charge in [-0.3, -0.25) is 4.98 Å². The molecule has 0 spiro atoms. The maximum atomic E-state index is 13.7. The number of nitrogens with zero attached hydrogens (tertiary/aromatic N) is 3. The van der Waals surface area contributed by atoms with E-state index in [4.69, 9.17) is 0 Å². The van der Waals surface area contributed by atoms with Crippen molar-refractivity contribution in [3.63, 3.8) is 0 Å². The largest absolute Gasteiger partial charge is 0.344 e. The number of aliphatic imine (C=N–C) groups is 1. The summed E-state index contributed by atoms with van der Waals surface area (Å²) in [6.45, 7) is 1.37. The standard InChI is InChI=1S/C15H13F2N3S/c16-12-5-3-6-13(17)14(12)19-15-20(8-9-21-15)10-11-4-1-2-7-18-11/h1-7H,8-10H2. The molecule has 1 aromatic carbocycles. The van der Waals surface area contributed by atoms with Gasteiger partial charge in [-0.15, -0.1) is 0 Å². The minimum atomic E-state index is -0.646. The molecule has 0 N–H and O–H groups in total. The molecule has 21 heavy (non-hydrogen) atoms. The van der Waals surface area contributed by atoms with E-state index in [1.54, 1.807) is 6.20 Å². The van der Waals surface area contributed by atoms with Crippen molar-refractivity contribution in [2.45, 2.75) is 6.54 Å². The minimum Gasteiger partial charge on any atom is -0.344 e. The first-order valence-corrected chi connectivity index (χ1v) is 7.53. The molecule has 6 heteroatoms. The van der Waals surface area contributed by atoms with Crippen LogP contribution >= 0.6 is 11.8 Å². The molecular formula is C15H13F2N3S. The number of amidine groups is 1. The Bertz CT molecular complexity index is 641. The van der Waals surface area contributed by atoms with Gasteiger partial charge >= 0.3 is 0 Å². The summed E-state index contributed by atoms with van der Waals surface area (Å²) in [7, 11) is 0. The predicted molar refractivity (Wildman–Crippen MR) is 80.6 cm³/mol. The van der Waals surface area contributed by atoms with Crippen molar-refractivity contribution < 1.29 is 8.78 Å². The molecule has 0 amide bonds. The summed E-state index contributed by atoms with van der Waals surface area (Å²) in [5, 5.41) is 0.629. The van der Waals surface area contributed by atoms with Crippen LogP contribution in [0.25, 0.3) is 0 Å². The van der Waals surface area contributed by atoms with Crippen LogP contribution < -0.4 is 0 Å². The first-order valence-electron chi connectivity index (χ1n) is 6.54. The fourth-order valence-electron chi connectivity index (χ4n) is 2.06. The van der Waals surface area contributed by atoms with E-state index < -0.39 is 11.6 Å². The second kappa shape index (κ2) is 6.22. The zero-order chi connectivity index (χ0) is 14.7. The summed E-state index contributed by atoms with van der Waals surface area (Å²) >= 11 is 1.50. The Morgan fingerprint density at radius 2 is 1.95 bits per heavy atom. The SMILES string of the molecule is Fc1cccc(F)c1N=C1SCCN1Cc1ccccn1. The van der Waals surface area contributed by atoms with Gasteiger partial charge < -0.3 is 4.90 Å². The second-order valence-corrected chi connectivity index (χ2v) is 5.62. The van der Waals surface area contributed by atoms with Gasteiger partial charge in [-0.05, 0) is 24.3 Å². The molecule has 0 atom stereocenters. The van der Waals surface area contributed by atoms with Gasteiger partial charge in [-0.2, -0.15) is 0 Å². The molecule has 1 aliphatic heterocycles. The van der Waals surface area contributed by atoms with Gasteiger partial charge in [0, 0.05) is 18.5 Å². The number of hydrogen-bond donors (Lipinski definition) is 0. The molecule has 1 aliphatic rings. The van der Waals surface area contributed by atoms with Gasteiger partial charge in [0.05, 0.1) is 12.2 Å². The molecule has 0 unspecified atom stereocenters. The number of benzene rings is 1. The van der Waals surface area contributed by atoms with E-state index in [1.807, 2.05) is 23.1 Å². The third-order valence-electron chi connectivity index (χ3n) is 3.09. The molecular weight excluding hydrogens is 292 g/mol. The highest BCUT2D eigenvalue weighted by Gasteiger charge is 2.21. The Kier molecular flexibility index (Phi) is 4.15. The summed E-state index contributed by atoms with van der Waals surface area (Å²) < 4.78 is 27.3. The van der Waals surface area contributed by atoms with E-state index in [-0.39, 0.29) is 5.69 Å². The molecule has 3 rings (SSSR count).